The summed E-state index contributed by atoms with van der Waals surface area (Å²) in [7, 11) is 0. The number of imide groups is 2. The highest BCUT2D eigenvalue weighted by atomic mass is 16.5. The molecule has 4 aliphatic rings. The number of rotatable bonds is 22. The molecular weight excluding hydrogens is 911 g/mol. The zero-order valence-corrected chi connectivity index (χ0v) is 42.7. The highest BCUT2D eigenvalue weighted by molar-refractivity contribution is 6.24. The van der Waals surface area contributed by atoms with Gasteiger partial charge in [0.15, 0.2) is 0 Å². The van der Waals surface area contributed by atoms with E-state index < -0.39 is 29.7 Å². The highest BCUT2D eigenvalue weighted by Gasteiger charge is 2.46. The zero-order chi connectivity index (χ0) is 50.7. The van der Waals surface area contributed by atoms with E-state index in [0.717, 1.165) is 130 Å². The number of nitrogens with one attached hydrogen (secondary N) is 3. The van der Waals surface area contributed by atoms with E-state index in [9.17, 15) is 28.8 Å². The number of aromatic nitrogens is 1. The summed E-state index contributed by atoms with van der Waals surface area (Å²) in [5.74, 6) is -1.94. The molecule has 4 aliphatic heterocycles. The van der Waals surface area contributed by atoms with Gasteiger partial charge in [-0.15, -0.1) is 0 Å². The van der Waals surface area contributed by atoms with Gasteiger partial charge in [0.2, 0.25) is 11.8 Å². The molecule has 3 aromatic carbocycles. The smallest absolute Gasteiger partial charge is 0.266 e. The number of hydrogen-bond donors (Lipinski definition) is 3. The van der Waals surface area contributed by atoms with E-state index in [1.165, 1.54) is 37.7 Å². The number of nitrogens with zero attached hydrogens (tertiary/aromatic N) is 4. The molecule has 15 heteroatoms. The second-order valence-corrected chi connectivity index (χ2v) is 20.0. The topological polar surface area (TPSA) is 174 Å². The fraction of sp³-hybridized carbons (Fsp3) is 0.509. The van der Waals surface area contributed by atoms with E-state index in [0.29, 0.717) is 29.5 Å². The maximum atomic E-state index is 14.0. The summed E-state index contributed by atoms with van der Waals surface area (Å²) in [5.41, 5.74) is 8.42. The second-order valence-electron chi connectivity index (χ2n) is 20.0. The maximum absolute atomic E-state index is 14.0. The number of piperidine rings is 1. The number of carbonyl (C=O) groups excluding carboxylic acids is 5. The number of amides is 5. The number of unbranched alkanes of at least 4 members (excludes halogenated alkanes) is 7. The van der Waals surface area contributed by atoms with Crippen molar-refractivity contribution in [3.05, 3.63) is 116 Å². The van der Waals surface area contributed by atoms with Crippen LogP contribution in [0.5, 0.6) is 5.75 Å². The van der Waals surface area contributed by atoms with Gasteiger partial charge >= 0.3 is 0 Å². The van der Waals surface area contributed by atoms with Crippen molar-refractivity contribution in [2.75, 3.05) is 64.0 Å². The Labute approximate surface area is 424 Å². The van der Waals surface area contributed by atoms with Gasteiger partial charge in [-0.2, -0.15) is 0 Å². The van der Waals surface area contributed by atoms with Gasteiger partial charge in [-0.3, -0.25) is 43.9 Å². The van der Waals surface area contributed by atoms with Crippen molar-refractivity contribution < 1.29 is 33.4 Å². The summed E-state index contributed by atoms with van der Waals surface area (Å²) in [6.07, 6.45) is 11.1. The minimum atomic E-state index is -0.998. The molecule has 0 radical (unpaired) electrons. The predicted octanol–water partition coefficient (Wildman–Crippen LogP) is 7.62. The van der Waals surface area contributed by atoms with E-state index in [2.05, 4.69) is 67.6 Å². The van der Waals surface area contributed by atoms with Gasteiger partial charge < -0.3 is 29.6 Å². The molecule has 0 saturated carbocycles. The van der Waals surface area contributed by atoms with Gasteiger partial charge in [0.05, 0.1) is 17.7 Å². The Morgan fingerprint density at radius 1 is 0.792 bits per heavy atom. The minimum Gasteiger partial charge on any atom is -0.493 e. The van der Waals surface area contributed by atoms with Crippen LogP contribution in [-0.4, -0.2) is 120 Å². The van der Waals surface area contributed by atoms with Crippen LogP contribution >= 0.6 is 0 Å². The maximum Gasteiger partial charge on any atom is 0.266 e. The summed E-state index contributed by atoms with van der Waals surface area (Å²) in [6, 6.07) is 19.3. The molecule has 1 atom stereocenters. The van der Waals surface area contributed by atoms with E-state index >= 15 is 0 Å². The summed E-state index contributed by atoms with van der Waals surface area (Å²) in [6.45, 7) is 17.1. The Kier molecular flexibility index (Phi) is 17.8. The van der Waals surface area contributed by atoms with Gasteiger partial charge in [-0.05, 0) is 124 Å². The average Bonchev–Trinajstić information content (AvgIpc) is 3.63. The van der Waals surface area contributed by atoms with Crippen LogP contribution in [-0.2, 0) is 27.4 Å². The van der Waals surface area contributed by atoms with E-state index in [-0.39, 0.29) is 42.0 Å². The van der Waals surface area contributed by atoms with Crippen LogP contribution in [0.25, 0.3) is 11.1 Å². The number of H-pyrrole nitrogens is 1. The Morgan fingerprint density at radius 3 is 2.18 bits per heavy atom. The molecule has 1 aromatic heterocycles. The number of pyridine rings is 1. The van der Waals surface area contributed by atoms with E-state index in [4.69, 9.17) is 9.47 Å². The second kappa shape index (κ2) is 24.5. The van der Waals surface area contributed by atoms with Crippen LogP contribution in [0.4, 0.5) is 5.69 Å². The first kappa shape index (κ1) is 52.2. The number of benzene rings is 3. The number of aryl methyl sites for hydroxylation is 2. The summed E-state index contributed by atoms with van der Waals surface area (Å²) in [5, 5.41) is 5.30. The number of ether oxygens (including phenoxy) is 2. The van der Waals surface area contributed by atoms with Crippen molar-refractivity contribution in [3.63, 3.8) is 0 Å². The van der Waals surface area contributed by atoms with Crippen LogP contribution < -0.4 is 25.8 Å². The lowest BCUT2D eigenvalue weighted by Crippen LogP contribution is -2.54. The van der Waals surface area contributed by atoms with Crippen molar-refractivity contribution in [2.45, 2.75) is 130 Å². The summed E-state index contributed by atoms with van der Waals surface area (Å²) < 4.78 is 11.7. The van der Waals surface area contributed by atoms with E-state index in [1.807, 2.05) is 32.9 Å². The van der Waals surface area contributed by atoms with Crippen LogP contribution in [0.15, 0.2) is 65.5 Å². The van der Waals surface area contributed by atoms with Crippen LogP contribution in [0, 0.1) is 20.8 Å². The molecule has 8 rings (SSSR count). The highest BCUT2D eigenvalue weighted by Crippen LogP contribution is 2.36. The largest absolute Gasteiger partial charge is 0.493 e. The Bertz CT molecular complexity index is 2650. The lowest BCUT2D eigenvalue weighted by atomic mass is 9.94. The lowest BCUT2D eigenvalue weighted by molar-refractivity contribution is -0.136. The third-order valence-corrected chi connectivity index (χ3v) is 15.0. The van der Waals surface area contributed by atoms with Crippen molar-refractivity contribution in [1.82, 2.24) is 30.3 Å². The molecule has 3 saturated heterocycles. The van der Waals surface area contributed by atoms with E-state index in [1.54, 1.807) is 18.2 Å². The quantitative estimate of drug-likeness (QED) is 0.0522. The number of aromatic amines is 1. The molecule has 3 fully saturated rings. The molecule has 0 aliphatic carbocycles. The Balaban J connectivity index is 0.742. The molecule has 384 valence electrons. The van der Waals surface area contributed by atoms with Gasteiger partial charge in [0, 0.05) is 94.0 Å². The standard InChI is InChI=1S/C57H73N7O8/c1-5-63(44-23-31-71-32-24-44)49-35-43(34-46(40(49)4)53(66)58-36-47-38(2)33-39(3)59-54(47)67)42-19-17-41(18-20-42)37-62-28-26-61(27-29-62)25-12-10-8-6-7-9-11-13-30-72-50-16-14-15-45-52(50)57(70)64(56(45)69)48-21-22-51(65)60-55(48)68/h14-20,33-35,44,48H,5-13,21-32,36-37H2,1-4H3,(H,58,66)(H,59,67)(H,60,65,68). The number of anilines is 1. The molecule has 4 aromatic rings. The molecule has 72 heavy (non-hydrogen) atoms. The summed E-state index contributed by atoms with van der Waals surface area (Å²) in [4.78, 5) is 88.7. The van der Waals surface area contributed by atoms with Crippen molar-refractivity contribution in [1.29, 1.82) is 0 Å². The molecule has 0 spiro atoms. The first-order valence-corrected chi connectivity index (χ1v) is 26.4. The number of hydrogen-bond acceptors (Lipinski definition) is 11. The van der Waals surface area contributed by atoms with Crippen molar-refractivity contribution in [2.24, 2.45) is 0 Å². The van der Waals surface area contributed by atoms with Gasteiger partial charge in [0.25, 0.3) is 23.3 Å². The first-order valence-electron chi connectivity index (χ1n) is 26.4. The molecule has 15 nitrogen and oxygen atoms in total. The normalized spacial score (nSPS) is 17.8. The lowest BCUT2D eigenvalue weighted by Gasteiger charge is -2.37. The minimum absolute atomic E-state index is 0.0802. The number of piperazine rings is 1. The fourth-order valence-corrected chi connectivity index (χ4v) is 10.9. The average molecular weight is 984 g/mol. The monoisotopic (exact) mass is 984 g/mol. The van der Waals surface area contributed by atoms with Crippen LogP contribution in [0.1, 0.15) is 143 Å². The van der Waals surface area contributed by atoms with Gasteiger partial charge in [-0.1, -0.05) is 68.9 Å². The molecule has 5 heterocycles. The zero-order valence-electron chi connectivity index (χ0n) is 42.7. The summed E-state index contributed by atoms with van der Waals surface area (Å²) >= 11 is 0. The molecular formula is C57H73N7O8. The van der Waals surface area contributed by atoms with Gasteiger partial charge in [0.1, 0.15) is 11.8 Å². The number of carbonyl (C=O) groups is 5. The third kappa shape index (κ3) is 12.5. The number of fused-ring (bicyclic) bond motifs is 1. The Hall–Kier alpha value is -6.16. The third-order valence-electron chi connectivity index (χ3n) is 15.0. The molecule has 5 amide bonds. The van der Waals surface area contributed by atoms with Crippen LogP contribution in [0.3, 0.4) is 0 Å². The molecule has 1 unspecified atom stereocenters. The van der Waals surface area contributed by atoms with Crippen molar-refractivity contribution in [3.8, 4) is 16.9 Å². The van der Waals surface area contributed by atoms with Crippen molar-refractivity contribution >= 4 is 35.2 Å². The predicted molar refractivity (Wildman–Crippen MR) is 278 cm³/mol. The van der Waals surface area contributed by atoms with Crippen LogP contribution in [0.2, 0.25) is 0 Å². The molecule has 0 bridgehead atoms. The Morgan fingerprint density at radius 2 is 1.49 bits per heavy atom. The molecule has 3 N–H and O–H groups in total. The fourth-order valence-electron chi connectivity index (χ4n) is 10.9. The SMILES string of the molecule is CCN(c1cc(-c2ccc(CN3CCN(CCCCCCCCCCOc4cccc5c4C(=O)N(C4CCC(=O)NC4=O)C5=O)CC3)cc2)cc(C(=O)NCc2c(C)cc(C)[nH]c2=O)c1C)C1CCOCC1. The first-order chi connectivity index (χ1) is 34.9. The van der Waals surface area contributed by atoms with Gasteiger partial charge in [-0.25, -0.2) is 0 Å².